The van der Waals surface area contributed by atoms with Crippen LogP contribution < -0.4 is 16.3 Å². The Bertz CT molecular complexity index is 1150. The average Bonchev–Trinajstić information content (AvgIpc) is 2.61. The first-order chi connectivity index (χ1) is 11.3. The Kier molecular flexibility index (Phi) is 3.10. The van der Waals surface area contributed by atoms with Gasteiger partial charge in [0.2, 0.25) is 0 Å². The summed E-state index contributed by atoms with van der Waals surface area (Å²) in [6.45, 7) is 0. The minimum Gasteiger partial charge on any atom is -0.398 e. The molecule has 23 heavy (non-hydrogen) atoms. The van der Waals surface area contributed by atoms with Gasteiger partial charge in [0, 0.05) is 23.7 Å². The highest BCUT2D eigenvalue weighted by molar-refractivity contribution is 5.83. The first-order valence-corrected chi connectivity index (χ1v) is 7.17. The Balaban J connectivity index is 1.77. The van der Waals surface area contributed by atoms with Gasteiger partial charge in [0.25, 0.3) is 0 Å². The van der Waals surface area contributed by atoms with Crippen molar-refractivity contribution in [3.8, 4) is 0 Å². The molecule has 0 radical (unpaired) electrons. The van der Waals surface area contributed by atoms with Gasteiger partial charge in [-0.1, -0.05) is 11.5 Å². The Morgan fingerprint density at radius 1 is 1.13 bits per heavy atom. The van der Waals surface area contributed by atoms with Crippen LogP contribution in [-0.2, 0) is 0 Å². The fourth-order valence-electron chi connectivity index (χ4n) is 2.40. The molecule has 4 heteroatoms. The topological polar surface area (TPSA) is 64.7 Å². The van der Waals surface area contributed by atoms with E-state index in [2.05, 4.69) is 26.4 Å². The fraction of sp³-hybridized carbons (Fsp3) is 0. The average molecular weight is 296 g/mol. The largest absolute Gasteiger partial charge is 0.398 e. The van der Waals surface area contributed by atoms with Crippen LogP contribution in [0.3, 0.4) is 0 Å². The lowest BCUT2D eigenvalue weighted by Gasteiger charge is -2.03. The lowest BCUT2D eigenvalue weighted by atomic mass is 10.1. The van der Waals surface area contributed by atoms with Gasteiger partial charge < -0.3 is 5.73 Å². The Morgan fingerprint density at radius 3 is 3.04 bits per heavy atom. The summed E-state index contributed by atoms with van der Waals surface area (Å²) < 4.78 is 0. The van der Waals surface area contributed by atoms with Crippen LogP contribution in [0.1, 0.15) is 11.3 Å². The van der Waals surface area contributed by atoms with Crippen molar-refractivity contribution in [2.24, 2.45) is 5.73 Å². The normalized spacial score (nSPS) is 12.6. The standard InChI is InChI=1S/C19H12N4/c20-16(14-10-19-18(22-12-14)6-3-9-21-19)11-15-8-7-13-4-1-2-5-17(13)23-15/h2-3,5-12H,20H2/b16-11-. The number of allylic oxidation sites excluding steroid dienone is 1. The zero-order valence-electron chi connectivity index (χ0n) is 12.2. The van der Waals surface area contributed by atoms with Crippen LogP contribution >= 0.6 is 0 Å². The van der Waals surface area contributed by atoms with Gasteiger partial charge in [0.05, 0.1) is 27.3 Å². The third-order valence-electron chi connectivity index (χ3n) is 3.57. The number of rotatable bonds is 2. The van der Waals surface area contributed by atoms with Crippen LogP contribution in [0.5, 0.6) is 0 Å². The summed E-state index contributed by atoms with van der Waals surface area (Å²) in [7, 11) is 0. The SMILES string of the molecule is N/C(=C\c1ccc2c(n1)=CC=C=C=2)c1cnc2cccnc2c1. The quantitative estimate of drug-likeness (QED) is 0.725. The van der Waals surface area contributed by atoms with Crippen LogP contribution in [0.25, 0.3) is 34.6 Å². The van der Waals surface area contributed by atoms with Crippen LogP contribution in [-0.4, -0.2) is 15.0 Å². The van der Waals surface area contributed by atoms with Crippen molar-refractivity contribution < 1.29 is 0 Å². The van der Waals surface area contributed by atoms with Gasteiger partial charge in [-0.3, -0.25) is 9.97 Å². The minimum absolute atomic E-state index is 0.600. The molecule has 0 fully saturated rings. The number of nitrogens with zero attached hydrogens (tertiary/aromatic N) is 3. The number of fused-ring (bicyclic) bond motifs is 2. The molecule has 0 atom stereocenters. The second-order valence-corrected chi connectivity index (χ2v) is 5.14. The molecule has 3 aromatic heterocycles. The van der Waals surface area contributed by atoms with Gasteiger partial charge >= 0.3 is 0 Å². The van der Waals surface area contributed by atoms with E-state index in [4.69, 9.17) is 5.73 Å². The van der Waals surface area contributed by atoms with Crippen molar-refractivity contribution in [2.45, 2.75) is 0 Å². The molecule has 0 spiro atoms. The molecular weight excluding hydrogens is 284 g/mol. The molecule has 0 bridgehead atoms. The summed E-state index contributed by atoms with van der Waals surface area (Å²) >= 11 is 0. The van der Waals surface area contributed by atoms with Crippen LogP contribution in [0.15, 0.2) is 54.5 Å². The summed E-state index contributed by atoms with van der Waals surface area (Å²) in [5.41, 5.74) is 16.0. The van der Waals surface area contributed by atoms with Gasteiger partial charge in [0.15, 0.2) is 0 Å². The summed E-state index contributed by atoms with van der Waals surface area (Å²) in [5.74, 6) is 0. The maximum Gasteiger partial charge on any atom is 0.0893 e. The number of aromatic nitrogens is 3. The summed E-state index contributed by atoms with van der Waals surface area (Å²) in [5, 5.41) is 1.79. The molecule has 0 unspecified atom stereocenters. The summed E-state index contributed by atoms with van der Waals surface area (Å²) in [4.78, 5) is 13.2. The van der Waals surface area contributed by atoms with Crippen molar-refractivity contribution in [1.82, 2.24) is 15.0 Å². The van der Waals surface area contributed by atoms with Crippen molar-refractivity contribution in [1.29, 1.82) is 0 Å². The molecule has 0 aliphatic heterocycles. The molecule has 1 aliphatic rings. The molecular formula is C19H12N4. The first kappa shape index (κ1) is 13.2. The minimum atomic E-state index is 0.600. The van der Waals surface area contributed by atoms with Crippen molar-refractivity contribution in [2.75, 3.05) is 0 Å². The van der Waals surface area contributed by atoms with E-state index in [1.165, 1.54) is 0 Å². The van der Waals surface area contributed by atoms with Gasteiger partial charge in [-0.05, 0) is 48.6 Å². The molecule has 3 heterocycles. The molecule has 0 saturated heterocycles. The number of hydrogen-bond donors (Lipinski definition) is 1. The molecule has 3 aromatic rings. The Labute approximate surface area is 132 Å². The Hall–Kier alpha value is -3.45. The number of hydrogen-bond acceptors (Lipinski definition) is 4. The van der Waals surface area contributed by atoms with E-state index in [0.29, 0.717) is 5.70 Å². The van der Waals surface area contributed by atoms with E-state index in [-0.39, 0.29) is 0 Å². The monoisotopic (exact) mass is 296 g/mol. The van der Waals surface area contributed by atoms with Gasteiger partial charge in [-0.15, -0.1) is 0 Å². The molecule has 2 N–H and O–H groups in total. The molecule has 0 aromatic carbocycles. The van der Waals surface area contributed by atoms with Crippen molar-refractivity contribution in [3.63, 3.8) is 0 Å². The highest BCUT2D eigenvalue weighted by Crippen LogP contribution is 2.15. The molecule has 4 rings (SSSR count). The summed E-state index contributed by atoms with van der Waals surface area (Å²) in [6.07, 6.45) is 9.03. The van der Waals surface area contributed by atoms with Crippen LogP contribution in [0.2, 0.25) is 0 Å². The number of pyridine rings is 3. The zero-order valence-corrected chi connectivity index (χ0v) is 12.2. The van der Waals surface area contributed by atoms with Crippen molar-refractivity contribution in [3.05, 3.63) is 76.4 Å². The molecule has 108 valence electrons. The first-order valence-electron chi connectivity index (χ1n) is 7.17. The van der Waals surface area contributed by atoms with Gasteiger partial charge in [-0.2, -0.15) is 0 Å². The van der Waals surface area contributed by atoms with Crippen LogP contribution in [0.4, 0.5) is 0 Å². The fourth-order valence-corrected chi connectivity index (χ4v) is 2.40. The second-order valence-electron chi connectivity index (χ2n) is 5.14. The second kappa shape index (κ2) is 5.39. The van der Waals surface area contributed by atoms with Gasteiger partial charge in [-0.25, -0.2) is 4.98 Å². The van der Waals surface area contributed by atoms with E-state index >= 15 is 0 Å². The molecule has 0 saturated carbocycles. The zero-order chi connectivity index (χ0) is 15.6. The highest BCUT2D eigenvalue weighted by Gasteiger charge is 2.02. The molecule has 4 nitrogen and oxygen atoms in total. The molecule has 1 aliphatic carbocycles. The third-order valence-corrected chi connectivity index (χ3v) is 3.57. The predicted molar refractivity (Wildman–Crippen MR) is 91.0 cm³/mol. The van der Waals surface area contributed by atoms with Gasteiger partial charge in [0.1, 0.15) is 0 Å². The van der Waals surface area contributed by atoms with E-state index in [1.807, 2.05) is 42.5 Å². The predicted octanol–water partition coefficient (Wildman–Crippen LogP) is 1.37. The smallest absolute Gasteiger partial charge is 0.0893 e. The third kappa shape index (κ3) is 2.56. The molecule has 0 amide bonds. The summed E-state index contributed by atoms with van der Waals surface area (Å²) in [6, 6.07) is 9.58. The maximum atomic E-state index is 6.20. The Morgan fingerprint density at radius 2 is 2.09 bits per heavy atom. The van der Waals surface area contributed by atoms with E-state index in [1.54, 1.807) is 18.5 Å². The lowest BCUT2D eigenvalue weighted by Crippen LogP contribution is -2.28. The van der Waals surface area contributed by atoms with E-state index < -0.39 is 0 Å². The lowest BCUT2D eigenvalue weighted by molar-refractivity contribution is 1.20. The van der Waals surface area contributed by atoms with E-state index in [0.717, 1.165) is 32.9 Å². The number of nitrogens with two attached hydrogens (primary N) is 1. The van der Waals surface area contributed by atoms with E-state index in [9.17, 15) is 0 Å². The maximum absolute atomic E-state index is 6.20. The van der Waals surface area contributed by atoms with Crippen LogP contribution in [0, 0.1) is 0 Å². The van der Waals surface area contributed by atoms with Crippen molar-refractivity contribution >= 4 is 34.6 Å². The highest BCUT2D eigenvalue weighted by atomic mass is 14.7.